The molecule has 2 aromatic carbocycles. The normalized spacial score (nSPS) is 10.5. The summed E-state index contributed by atoms with van der Waals surface area (Å²) in [5.41, 5.74) is 3.77. The quantitative estimate of drug-likeness (QED) is 0.518. The number of nitrogens with zero attached hydrogens (tertiary/aromatic N) is 2. The van der Waals surface area contributed by atoms with E-state index in [0.29, 0.717) is 27.9 Å². The summed E-state index contributed by atoms with van der Waals surface area (Å²) < 4.78 is 11.0. The molecule has 0 aliphatic rings. The first kappa shape index (κ1) is 18.2. The van der Waals surface area contributed by atoms with E-state index in [9.17, 15) is 4.79 Å². The van der Waals surface area contributed by atoms with Crippen molar-refractivity contribution in [1.29, 1.82) is 5.26 Å². The molecule has 1 amide bonds. The highest BCUT2D eigenvalue weighted by Crippen LogP contribution is 2.23. The van der Waals surface area contributed by atoms with Crippen molar-refractivity contribution in [2.24, 2.45) is 5.10 Å². The molecule has 0 fully saturated rings. The zero-order valence-corrected chi connectivity index (χ0v) is 14.8. The van der Waals surface area contributed by atoms with Crippen molar-refractivity contribution in [3.05, 3.63) is 77.0 Å². The first-order chi connectivity index (χ1) is 13.1. The van der Waals surface area contributed by atoms with Crippen LogP contribution in [0.1, 0.15) is 11.3 Å². The van der Waals surface area contributed by atoms with Gasteiger partial charge in [0.15, 0.2) is 6.61 Å². The number of carbonyl (C=O) groups is 1. The number of nitriles is 1. The molecule has 0 spiro atoms. The van der Waals surface area contributed by atoms with Crippen LogP contribution in [-0.2, 0) is 4.79 Å². The van der Waals surface area contributed by atoms with Gasteiger partial charge in [-0.25, -0.2) is 5.43 Å². The molecule has 134 valence electrons. The van der Waals surface area contributed by atoms with E-state index < -0.39 is 5.91 Å². The third-order valence-electron chi connectivity index (χ3n) is 3.49. The lowest BCUT2D eigenvalue weighted by molar-refractivity contribution is -0.123. The Kier molecular flexibility index (Phi) is 5.87. The summed E-state index contributed by atoms with van der Waals surface area (Å²) in [5.74, 6) is 1.24. The summed E-state index contributed by atoms with van der Waals surface area (Å²) in [4.78, 5) is 11.7. The number of halogens is 1. The van der Waals surface area contributed by atoms with Gasteiger partial charge in [0, 0.05) is 10.6 Å². The number of carbonyl (C=O) groups excluding carboxylic acids is 1. The Labute approximate surface area is 160 Å². The maximum Gasteiger partial charge on any atom is 0.277 e. The summed E-state index contributed by atoms with van der Waals surface area (Å²) in [7, 11) is 0. The maximum absolute atomic E-state index is 11.7. The third-order valence-corrected chi connectivity index (χ3v) is 3.74. The fraction of sp³-hybridized carbons (Fsp3) is 0.0500. The first-order valence-corrected chi connectivity index (χ1v) is 8.32. The third kappa shape index (κ3) is 5.21. The largest absolute Gasteiger partial charge is 0.484 e. The fourth-order valence-electron chi connectivity index (χ4n) is 2.17. The van der Waals surface area contributed by atoms with Gasteiger partial charge in [-0.05, 0) is 60.7 Å². The monoisotopic (exact) mass is 379 g/mol. The zero-order chi connectivity index (χ0) is 19.1. The number of furan rings is 1. The number of hydrogen-bond donors (Lipinski definition) is 1. The second kappa shape index (κ2) is 8.70. The Morgan fingerprint density at radius 3 is 2.59 bits per heavy atom. The molecule has 3 aromatic rings. The van der Waals surface area contributed by atoms with Gasteiger partial charge in [-0.15, -0.1) is 0 Å². The smallest absolute Gasteiger partial charge is 0.277 e. The number of nitrogens with one attached hydrogen (secondary N) is 1. The van der Waals surface area contributed by atoms with E-state index in [1.165, 1.54) is 6.21 Å². The lowest BCUT2D eigenvalue weighted by atomic mass is 10.2. The molecule has 1 heterocycles. The summed E-state index contributed by atoms with van der Waals surface area (Å²) in [5, 5.41) is 13.2. The van der Waals surface area contributed by atoms with Crippen molar-refractivity contribution in [3.8, 4) is 23.1 Å². The highest BCUT2D eigenvalue weighted by atomic mass is 35.5. The lowest BCUT2D eigenvalue weighted by Crippen LogP contribution is -2.24. The number of hydrogen-bond acceptors (Lipinski definition) is 5. The average Bonchev–Trinajstić information content (AvgIpc) is 3.16. The highest BCUT2D eigenvalue weighted by Gasteiger charge is 2.04. The molecule has 3 rings (SSSR count). The predicted molar refractivity (Wildman–Crippen MR) is 102 cm³/mol. The number of benzene rings is 2. The summed E-state index contributed by atoms with van der Waals surface area (Å²) in [6.45, 7) is -0.197. The number of rotatable bonds is 6. The van der Waals surface area contributed by atoms with E-state index in [-0.39, 0.29) is 6.61 Å². The van der Waals surface area contributed by atoms with Gasteiger partial charge in [-0.1, -0.05) is 11.6 Å². The van der Waals surface area contributed by atoms with E-state index in [0.717, 1.165) is 5.56 Å². The predicted octanol–water partition coefficient (Wildman–Crippen LogP) is 4.00. The minimum absolute atomic E-state index is 0.197. The molecule has 1 aromatic heterocycles. The second-order valence-corrected chi connectivity index (χ2v) is 5.86. The Morgan fingerprint density at radius 2 is 1.89 bits per heavy atom. The van der Waals surface area contributed by atoms with Crippen LogP contribution in [0.2, 0.25) is 5.02 Å². The summed E-state index contributed by atoms with van der Waals surface area (Å²) in [6, 6.07) is 19.3. The fourth-order valence-corrected chi connectivity index (χ4v) is 2.29. The van der Waals surface area contributed by atoms with E-state index in [2.05, 4.69) is 10.5 Å². The highest BCUT2D eigenvalue weighted by molar-refractivity contribution is 6.30. The van der Waals surface area contributed by atoms with Gasteiger partial charge in [0.25, 0.3) is 5.91 Å². The topological polar surface area (TPSA) is 87.6 Å². The Morgan fingerprint density at radius 1 is 1.15 bits per heavy atom. The molecule has 27 heavy (non-hydrogen) atoms. The molecule has 0 radical (unpaired) electrons. The molecule has 0 aliphatic heterocycles. The van der Waals surface area contributed by atoms with Crippen LogP contribution in [0, 0.1) is 11.3 Å². The van der Waals surface area contributed by atoms with Crippen LogP contribution < -0.4 is 10.2 Å². The molecule has 0 bridgehead atoms. The van der Waals surface area contributed by atoms with Crippen LogP contribution in [0.25, 0.3) is 11.3 Å². The van der Waals surface area contributed by atoms with Crippen molar-refractivity contribution < 1.29 is 13.9 Å². The maximum atomic E-state index is 11.7. The van der Waals surface area contributed by atoms with Crippen molar-refractivity contribution in [2.45, 2.75) is 0 Å². The van der Waals surface area contributed by atoms with Gasteiger partial charge in [-0.2, -0.15) is 10.4 Å². The van der Waals surface area contributed by atoms with Gasteiger partial charge in [-0.3, -0.25) is 4.79 Å². The molecular formula is C20H14ClN3O3. The van der Waals surface area contributed by atoms with Crippen molar-refractivity contribution in [3.63, 3.8) is 0 Å². The van der Waals surface area contributed by atoms with Crippen molar-refractivity contribution in [2.75, 3.05) is 6.61 Å². The average molecular weight is 380 g/mol. The molecule has 6 nitrogen and oxygen atoms in total. The molecule has 7 heteroatoms. The Hall–Kier alpha value is -3.56. The van der Waals surface area contributed by atoms with Gasteiger partial charge in [0.2, 0.25) is 0 Å². The van der Waals surface area contributed by atoms with Gasteiger partial charge < -0.3 is 9.15 Å². The van der Waals surface area contributed by atoms with Gasteiger partial charge >= 0.3 is 0 Å². The number of hydrazone groups is 1. The number of amides is 1. The minimum atomic E-state index is -0.417. The molecule has 0 saturated heterocycles. The van der Waals surface area contributed by atoms with E-state index in [1.807, 2.05) is 18.2 Å². The van der Waals surface area contributed by atoms with Crippen LogP contribution >= 0.6 is 11.6 Å². The van der Waals surface area contributed by atoms with Crippen LogP contribution in [0.5, 0.6) is 5.75 Å². The SMILES string of the molecule is N#Cc1ccc(OCC(=O)N/N=C/c2ccc(-c3ccc(Cl)cc3)o2)cc1. The van der Waals surface area contributed by atoms with Crippen molar-refractivity contribution in [1.82, 2.24) is 5.43 Å². The number of ether oxygens (including phenoxy) is 1. The van der Waals surface area contributed by atoms with E-state index >= 15 is 0 Å². The molecule has 0 atom stereocenters. The van der Waals surface area contributed by atoms with Crippen LogP contribution in [0.4, 0.5) is 0 Å². The van der Waals surface area contributed by atoms with Gasteiger partial charge in [0.1, 0.15) is 17.3 Å². The summed E-state index contributed by atoms with van der Waals surface area (Å²) in [6.07, 6.45) is 1.40. The molecule has 0 saturated carbocycles. The molecule has 0 unspecified atom stereocenters. The molecule has 1 N–H and O–H groups in total. The Bertz CT molecular complexity index is 987. The van der Waals surface area contributed by atoms with Crippen LogP contribution in [-0.4, -0.2) is 18.7 Å². The lowest BCUT2D eigenvalue weighted by Gasteiger charge is -2.04. The standard InChI is InChI=1S/C20H14ClN3O3/c21-16-5-3-15(4-6-16)19-10-9-18(27-19)12-23-24-20(25)13-26-17-7-1-14(11-22)2-8-17/h1-10,12H,13H2,(H,24,25)/b23-12+. The first-order valence-electron chi connectivity index (χ1n) is 7.95. The van der Waals surface area contributed by atoms with Crippen LogP contribution in [0.3, 0.4) is 0 Å². The molecule has 0 aliphatic carbocycles. The van der Waals surface area contributed by atoms with Crippen molar-refractivity contribution >= 4 is 23.7 Å². The summed E-state index contributed by atoms with van der Waals surface area (Å²) >= 11 is 5.87. The zero-order valence-electron chi connectivity index (χ0n) is 14.1. The van der Waals surface area contributed by atoms with E-state index in [1.54, 1.807) is 48.5 Å². The van der Waals surface area contributed by atoms with Crippen LogP contribution in [0.15, 0.2) is 70.2 Å². The Balaban J connectivity index is 1.49. The second-order valence-electron chi connectivity index (χ2n) is 5.43. The van der Waals surface area contributed by atoms with E-state index in [4.69, 9.17) is 26.0 Å². The minimum Gasteiger partial charge on any atom is -0.484 e. The molecular weight excluding hydrogens is 366 g/mol. The van der Waals surface area contributed by atoms with Gasteiger partial charge in [0.05, 0.1) is 17.8 Å².